The van der Waals surface area contributed by atoms with Crippen molar-refractivity contribution < 1.29 is 9.53 Å². The Bertz CT molecular complexity index is 565. The molecule has 22 heavy (non-hydrogen) atoms. The number of methoxy groups -OCH3 is 1. The Morgan fingerprint density at radius 3 is 2.64 bits per heavy atom. The van der Waals surface area contributed by atoms with Crippen LogP contribution in [0.3, 0.4) is 0 Å². The maximum Gasteiger partial charge on any atom is 0.240 e. The summed E-state index contributed by atoms with van der Waals surface area (Å²) >= 11 is 1.81. The third-order valence-electron chi connectivity index (χ3n) is 3.32. The van der Waals surface area contributed by atoms with Gasteiger partial charge in [0.25, 0.3) is 0 Å². The summed E-state index contributed by atoms with van der Waals surface area (Å²) in [6, 6.07) is 9.07. The van der Waals surface area contributed by atoms with Crippen molar-refractivity contribution in [2.75, 3.05) is 19.1 Å². The Kier molecular flexibility index (Phi) is 7.67. The lowest BCUT2D eigenvalue weighted by Crippen LogP contribution is -2.40. The number of ether oxygens (including phenoxy) is 1. The second kappa shape index (κ2) is 9.26. The molecule has 1 aliphatic rings. The lowest BCUT2D eigenvalue weighted by Gasteiger charge is -2.33. The number of aliphatic imine (C=N–C) groups is 1. The van der Waals surface area contributed by atoms with Crippen LogP contribution in [0.25, 0.3) is 0 Å². The van der Waals surface area contributed by atoms with Crippen molar-refractivity contribution >= 4 is 23.5 Å². The normalized spacial score (nSPS) is 22.7. The first-order valence-electron chi connectivity index (χ1n) is 6.88. The van der Waals surface area contributed by atoms with E-state index >= 15 is 0 Å². The fourth-order valence-electron chi connectivity index (χ4n) is 2.02. The molecule has 0 bridgehead atoms. The van der Waals surface area contributed by atoms with Crippen molar-refractivity contribution in [1.29, 1.82) is 0 Å². The van der Waals surface area contributed by atoms with Gasteiger partial charge in [0.1, 0.15) is 5.76 Å². The third kappa shape index (κ3) is 5.53. The molecule has 0 aromatic heterocycles. The summed E-state index contributed by atoms with van der Waals surface area (Å²) in [4.78, 5) is 13.1. The van der Waals surface area contributed by atoms with Gasteiger partial charge in [-0.15, -0.1) is 0 Å². The van der Waals surface area contributed by atoms with Gasteiger partial charge in [0.05, 0.1) is 12.8 Å². The van der Waals surface area contributed by atoms with E-state index in [0.29, 0.717) is 5.69 Å². The highest BCUT2D eigenvalue weighted by Gasteiger charge is 2.30. The number of thioether (sulfide) groups is 1. The van der Waals surface area contributed by atoms with Crippen LogP contribution in [0, 0.1) is 5.41 Å². The zero-order valence-corrected chi connectivity index (χ0v) is 14.0. The van der Waals surface area contributed by atoms with Crippen molar-refractivity contribution in [3.8, 4) is 0 Å². The Labute approximate surface area is 136 Å². The van der Waals surface area contributed by atoms with Gasteiger partial charge in [-0.1, -0.05) is 31.2 Å². The molecule has 0 fully saturated rings. The molecule has 2 N–H and O–H groups in total. The molecule has 4 nitrogen and oxygen atoms in total. The van der Waals surface area contributed by atoms with E-state index in [4.69, 9.17) is 10.5 Å². The summed E-state index contributed by atoms with van der Waals surface area (Å²) < 4.78 is 5.19. The van der Waals surface area contributed by atoms with E-state index in [9.17, 15) is 4.79 Å². The fourth-order valence-corrected chi connectivity index (χ4v) is 2.92. The Morgan fingerprint density at radius 1 is 1.41 bits per heavy atom. The highest BCUT2D eigenvalue weighted by Crippen LogP contribution is 2.32. The first kappa shape index (κ1) is 18.2. The SMILES string of the molecule is COC1=CC(C)(CSC)C(N)C=C1.O=C=Nc1ccccc1. The van der Waals surface area contributed by atoms with Crippen molar-refractivity contribution in [3.63, 3.8) is 0 Å². The maximum absolute atomic E-state index is 9.68. The van der Waals surface area contributed by atoms with Crippen LogP contribution in [0.15, 0.2) is 59.3 Å². The van der Waals surface area contributed by atoms with E-state index < -0.39 is 0 Å². The highest BCUT2D eigenvalue weighted by molar-refractivity contribution is 7.98. The predicted octanol–water partition coefficient (Wildman–Crippen LogP) is 3.44. The topological polar surface area (TPSA) is 64.7 Å². The van der Waals surface area contributed by atoms with Crippen LogP contribution >= 0.6 is 11.8 Å². The number of allylic oxidation sites excluding steroid dienone is 1. The zero-order chi connectivity index (χ0) is 16.4. The fraction of sp³-hybridized carbons (Fsp3) is 0.353. The number of nitrogens with zero attached hydrogens (tertiary/aromatic N) is 1. The van der Waals surface area contributed by atoms with Gasteiger partial charge >= 0.3 is 0 Å². The molecule has 1 aromatic carbocycles. The molecule has 1 aromatic rings. The van der Waals surface area contributed by atoms with E-state index in [-0.39, 0.29) is 11.5 Å². The number of hydrogen-bond donors (Lipinski definition) is 1. The van der Waals surface area contributed by atoms with Crippen LogP contribution in [-0.2, 0) is 9.53 Å². The van der Waals surface area contributed by atoms with E-state index in [1.165, 1.54) is 6.08 Å². The quantitative estimate of drug-likeness (QED) is 0.682. The Balaban J connectivity index is 0.000000235. The molecule has 0 saturated heterocycles. The van der Waals surface area contributed by atoms with Crippen LogP contribution < -0.4 is 5.73 Å². The van der Waals surface area contributed by atoms with Crippen molar-refractivity contribution in [3.05, 3.63) is 54.3 Å². The first-order valence-corrected chi connectivity index (χ1v) is 8.27. The molecule has 0 heterocycles. The summed E-state index contributed by atoms with van der Waals surface area (Å²) in [5.74, 6) is 1.93. The minimum atomic E-state index is 0.0273. The summed E-state index contributed by atoms with van der Waals surface area (Å²) in [5, 5.41) is 0. The smallest absolute Gasteiger partial charge is 0.240 e. The molecule has 0 spiro atoms. The van der Waals surface area contributed by atoms with Gasteiger partial charge in [-0.25, -0.2) is 4.79 Å². The molecular formula is C17H22N2O2S. The molecule has 2 unspecified atom stereocenters. The van der Waals surface area contributed by atoms with Crippen LogP contribution in [0.5, 0.6) is 0 Å². The van der Waals surface area contributed by atoms with Gasteiger partial charge in [0.15, 0.2) is 0 Å². The summed E-state index contributed by atoms with van der Waals surface area (Å²) in [6.45, 7) is 2.16. The lowest BCUT2D eigenvalue weighted by molar-refractivity contribution is 0.286. The minimum Gasteiger partial charge on any atom is -0.497 e. The molecule has 0 radical (unpaired) electrons. The lowest BCUT2D eigenvalue weighted by atomic mass is 9.81. The molecule has 5 heteroatoms. The van der Waals surface area contributed by atoms with Crippen LogP contribution in [0.1, 0.15) is 6.92 Å². The summed E-state index contributed by atoms with van der Waals surface area (Å²) in [5.41, 5.74) is 6.69. The molecule has 118 valence electrons. The highest BCUT2D eigenvalue weighted by atomic mass is 32.2. The average molecular weight is 318 g/mol. The number of carbonyl (C=O) groups excluding carboxylic acids is 1. The zero-order valence-electron chi connectivity index (χ0n) is 13.2. The number of para-hydroxylation sites is 1. The van der Waals surface area contributed by atoms with E-state index in [0.717, 1.165) is 11.5 Å². The van der Waals surface area contributed by atoms with Crippen molar-refractivity contribution in [2.45, 2.75) is 13.0 Å². The molecular weight excluding hydrogens is 296 g/mol. The molecule has 2 rings (SSSR count). The monoisotopic (exact) mass is 318 g/mol. The number of hydrogen-bond acceptors (Lipinski definition) is 5. The van der Waals surface area contributed by atoms with E-state index in [1.807, 2.05) is 42.1 Å². The summed E-state index contributed by atoms with van der Waals surface area (Å²) in [6.07, 6.45) is 9.62. The second-order valence-electron chi connectivity index (χ2n) is 5.11. The number of benzene rings is 1. The van der Waals surface area contributed by atoms with Crippen LogP contribution in [0.4, 0.5) is 5.69 Å². The van der Waals surface area contributed by atoms with E-state index in [2.05, 4.69) is 24.2 Å². The maximum atomic E-state index is 9.68. The van der Waals surface area contributed by atoms with Gasteiger partial charge in [-0.2, -0.15) is 16.8 Å². The third-order valence-corrected chi connectivity index (χ3v) is 4.23. The first-order chi connectivity index (χ1) is 10.6. The van der Waals surface area contributed by atoms with Gasteiger partial charge < -0.3 is 10.5 Å². The van der Waals surface area contributed by atoms with Crippen molar-refractivity contribution in [2.24, 2.45) is 16.1 Å². The molecule has 1 aliphatic carbocycles. The number of nitrogens with two attached hydrogens (primary N) is 1. The molecule has 0 saturated carbocycles. The van der Waals surface area contributed by atoms with Crippen LogP contribution in [-0.4, -0.2) is 31.2 Å². The number of isocyanates is 1. The second-order valence-corrected chi connectivity index (χ2v) is 5.98. The van der Waals surface area contributed by atoms with Gasteiger partial charge in [-0.05, 0) is 30.5 Å². The largest absolute Gasteiger partial charge is 0.497 e. The van der Waals surface area contributed by atoms with Gasteiger partial charge in [0.2, 0.25) is 6.08 Å². The van der Waals surface area contributed by atoms with Crippen molar-refractivity contribution in [1.82, 2.24) is 0 Å². The average Bonchev–Trinajstić information content (AvgIpc) is 2.52. The molecule has 2 atom stereocenters. The van der Waals surface area contributed by atoms with Gasteiger partial charge in [-0.3, -0.25) is 0 Å². The number of rotatable bonds is 4. The molecule has 0 amide bonds. The molecule has 0 aliphatic heterocycles. The Hall–Kier alpha value is -1.81. The van der Waals surface area contributed by atoms with Gasteiger partial charge in [0, 0.05) is 17.2 Å². The Morgan fingerprint density at radius 2 is 2.09 bits per heavy atom. The standard InChI is InChI=1S/C10H17NOS.C7H5NO/c1-10(7-13-3)6-8(12-2)4-5-9(10)11;9-6-8-7-4-2-1-3-5-7/h4-6,9H,7,11H2,1-3H3;1-5H. The van der Waals surface area contributed by atoms with E-state index in [1.54, 1.807) is 19.2 Å². The predicted molar refractivity (Wildman–Crippen MR) is 92.9 cm³/mol. The minimum absolute atomic E-state index is 0.0273. The van der Waals surface area contributed by atoms with Crippen LogP contribution in [0.2, 0.25) is 0 Å². The summed E-state index contributed by atoms with van der Waals surface area (Å²) in [7, 11) is 1.69.